The summed E-state index contributed by atoms with van der Waals surface area (Å²) in [4.78, 5) is 32.7. The van der Waals surface area contributed by atoms with Crippen LogP contribution >= 0.6 is 25.1 Å². The molecule has 1 aromatic carbocycles. The van der Waals surface area contributed by atoms with Gasteiger partial charge < -0.3 is 14.6 Å². The molecule has 1 atom stereocenters. The molecular weight excluding hydrogens is 536 g/mol. The number of hydrogen-bond donors (Lipinski definition) is 1. The number of halogens is 1. The fraction of sp³-hybridized carbons (Fsp3) is 0.148. The molecule has 6 heterocycles. The van der Waals surface area contributed by atoms with Crippen LogP contribution in [0.1, 0.15) is 18.3 Å². The number of aromatic nitrogens is 7. The molecule has 0 spiro atoms. The maximum absolute atomic E-state index is 13.7. The summed E-state index contributed by atoms with van der Waals surface area (Å²) in [6.45, 7) is 0.747. The molecule has 0 amide bonds. The van der Waals surface area contributed by atoms with Crippen LogP contribution in [0.5, 0.6) is 5.88 Å². The molecule has 12 heteroatoms. The van der Waals surface area contributed by atoms with Crippen LogP contribution in [-0.2, 0) is 0 Å². The summed E-state index contributed by atoms with van der Waals surface area (Å²) in [7, 11) is 1.59. The van der Waals surface area contributed by atoms with Crippen molar-refractivity contribution in [1.29, 1.82) is 0 Å². The SMILES string of the molecule is COc1ccc(-c2c[nH]c3ncnc(N4CC[C@H]4c4nn5ccc(Cl)c5c(=O)n4-c4ccccc4)c23)cn1.S. The molecule has 0 saturated carbocycles. The summed E-state index contributed by atoms with van der Waals surface area (Å²) < 4.78 is 8.44. The maximum atomic E-state index is 13.7. The van der Waals surface area contributed by atoms with E-state index >= 15 is 0 Å². The summed E-state index contributed by atoms with van der Waals surface area (Å²) in [5.74, 6) is 1.92. The Kier molecular flexibility index (Phi) is 6.24. The van der Waals surface area contributed by atoms with Crippen molar-refractivity contribution in [2.24, 2.45) is 0 Å². The molecule has 0 aliphatic carbocycles. The molecular formula is C27H23ClN8O2S. The molecule has 10 nitrogen and oxygen atoms in total. The van der Waals surface area contributed by atoms with Gasteiger partial charge >= 0.3 is 0 Å². The number of nitrogens with zero attached hydrogens (tertiary/aromatic N) is 7. The van der Waals surface area contributed by atoms with Gasteiger partial charge in [0.15, 0.2) is 5.82 Å². The monoisotopic (exact) mass is 558 g/mol. The van der Waals surface area contributed by atoms with Crippen molar-refractivity contribution in [2.75, 3.05) is 18.6 Å². The average molecular weight is 559 g/mol. The second-order valence-electron chi connectivity index (χ2n) is 9.00. The van der Waals surface area contributed by atoms with Crippen LogP contribution in [-0.4, -0.2) is 47.8 Å². The van der Waals surface area contributed by atoms with E-state index in [-0.39, 0.29) is 25.1 Å². The van der Waals surface area contributed by atoms with E-state index in [1.54, 1.807) is 41.0 Å². The lowest BCUT2D eigenvalue weighted by atomic mass is 10.00. The Hall–Kier alpha value is -4.35. The number of benzene rings is 1. The minimum absolute atomic E-state index is 0. The molecule has 0 unspecified atom stereocenters. The number of nitrogens with one attached hydrogen (secondary N) is 1. The highest BCUT2D eigenvalue weighted by Crippen LogP contribution is 2.42. The number of fused-ring (bicyclic) bond motifs is 2. The van der Waals surface area contributed by atoms with E-state index in [1.165, 1.54) is 0 Å². The van der Waals surface area contributed by atoms with Gasteiger partial charge in [0.05, 0.1) is 29.2 Å². The number of rotatable bonds is 5. The van der Waals surface area contributed by atoms with Crippen LogP contribution < -0.4 is 15.2 Å². The first-order valence-electron chi connectivity index (χ1n) is 12.1. The van der Waals surface area contributed by atoms with Crippen molar-refractivity contribution in [1.82, 2.24) is 34.1 Å². The summed E-state index contributed by atoms with van der Waals surface area (Å²) in [5, 5.41) is 6.12. The largest absolute Gasteiger partial charge is 0.481 e. The highest BCUT2D eigenvalue weighted by molar-refractivity contribution is 7.59. The average Bonchev–Trinajstić information content (AvgIpc) is 3.53. The Labute approximate surface area is 234 Å². The van der Waals surface area contributed by atoms with E-state index < -0.39 is 0 Å². The second-order valence-corrected chi connectivity index (χ2v) is 9.41. The molecule has 1 fully saturated rings. The summed E-state index contributed by atoms with van der Waals surface area (Å²) in [6.07, 6.45) is 7.74. The van der Waals surface area contributed by atoms with E-state index in [2.05, 4.69) is 19.9 Å². The van der Waals surface area contributed by atoms with Crippen molar-refractivity contribution in [3.8, 4) is 22.7 Å². The molecule has 1 saturated heterocycles. The third-order valence-corrected chi connectivity index (χ3v) is 7.28. The van der Waals surface area contributed by atoms with Crippen molar-refractivity contribution < 1.29 is 4.74 Å². The number of pyridine rings is 1. The van der Waals surface area contributed by atoms with Crippen molar-refractivity contribution in [3.63, 3.8) is 0 Å². The Morgan fingerprint density at radius 2 is 1.92 bits per heavy atom. The van der Waals surface area contributed by atoms with Gasteiger partial charge in [-0.1, -0.05) is 29.8 Å². The molecule has 39 heavy (non-hydrogen) atoms. The van der Waals surface area contributed by atoms with E-state index in [0.29, 0.717) is 27.9 Å². The second kappa shape index (κ2) is 9.75. The quantitative estimate of drug-likeness (QED) is 0.331. The Morgan fingerprint density at radius 1 is 1.08 bits per heavy atom. The highest BCUT2D eigenvalue weighted by atomic mass is 35.5. The molecule has 1 aliphatic heterocycles. The Balaban J connectivity index is 0.00000277. The third-order valence-electron chi connectivity index (χ3n) is 6.97. The number of hydrogen-bond acceptors (Lipinski definition) is 7. The smallest absolute Gasteiger partial charge is 0.284 e. The first-order valence-corrected chi connectivity index (χ1v) is 12.5. The van der Waals surface area contributed by atoms with Crippen LogP contribution in [0.3, 0.4) is 0 Å². The van der Waals surface area contributed by atoms with Gasteiger partial charge in [-0.25, -0.2) is 19.5 Å². The van der Waals surface area contributed by atoms with E-state index in [0.717, 1.165) is 41.0 Å². The van der Waals surface area contributed by atoms with E-state index in [4.69, 9.17) is 26.4 Å². The zero-order valence-electron chi connectivity index (χ0n) is 20.7. The zero-order chi connectivity index (χ0) is 25.8. The van der Waals surface area contributed by atoms with Crippen LogP contribution in [0.4, 0.5) is 5.82 Å². The predicted octanol–water partition coefficient (Wildman–Crippen LogP) is 4.54. The van der Waals surface area contributed by atoms with Gasteiger partial charge in [0, 0.05) is 42.3 Å². The Bertz CT molecular complexity index is 1870. The van der Waals surface area contributed by atoms with Crippen molar-refractivity contribution >= 4 is 47.5 Å². The van der Waals surface area contributed by atoms with Crippen LogP contribution in [0.25, 0.3) is 33.4 Å². The van der Waals surface area contributed by atoms with Crippen LogP contribution in [0, 0.1) is 0 Å². The molecule has 0 radical (unpaired) electrons. The fourth-order valence-electron chi connectivity index (χ4n) is 5.05. The molecule has 1 aliphatic rings. The standard InChI is InChI=1S/C27H21ClN8O2.H2S/c1-38-21-8-7-16(13-29-21)18-14-30-24-22(18)26(32-15-31-24)34-11-10-20(34)25-33-35-12-9-19(28)23(35)27(37)36(25)17-5-3-2-4-6-17;/h2-9,12-15,20H,10-11H2,1H3,(H,30,31,32);1H2/t20-;/m0./s1. The number of anilines is 1. The van der Waals surface area contributed by atoms with Crippen molar-refractivity contribution in [3.05, 3.63) is 94.6 Å². The zero-order valence-corrected chi connectivity index (χ0v) is 22.5. The molecule has 6 aromatic rings. The first kappa shape index (κ1) is 25.0. The van der Waals surface area contributed by atoms with Gasteiger partial charge in [0.1, 0.15) is 23.3 Å². The third kappa shape index (κ3) is 3.93. The number of H-pyrrole nitrogens is 1. The summed E-state index contributed by atoms with van der Waals surface area (Å²) in [6, 6.07) is 14.8. The first-order chi connectivity index (χ1) is 18.6. The molecule has 0 bridgehead atoms. The lowest BCUT2D eigenvalue weighted by Crippen LogP contribution is -2.45. The van der Waals surface area contributed by atoms with Crippen LogP contribution in [0.2, 0.25) is 5.02 Å². The molecule has 5 aromatic heterocycles. The number of para-hydroxylation sites is 1. The van der Waals surface area contributed by atoms with Gasteiger partial charge in [-0.3, -0.25) is 9.36 Å². The minimum atomic E-state index is -0.220. The van der Waals surface area contributed by atoms with Gasteiger partial charge in [-0.2, -0.15) is 18.6 Å². The Morgan fingerprint density at radius 3 is 2.64 bits per heavy atom. The fourth-order valence-corrected chi connectivity index (χ4v) is 5.28. The molecule has 7 rings (SSSR count). The topological polar surface area (TPSA) is 106 Å². The highest BCUT2D eigenvalue weighted by Gasteiger charge is 2.37. The number of methoxy groups -OCH3 is 1. The lowest BCUT2D eigenvalue weighted by molar-refractivity contribution is 0.398. The van der Waals surface area contributed by atoms with Gasteiger partial charge in [-0.15, -0.1) is 0 Å². The maximum Gasteiger partial charge on any atom is 0.284 e. The number of ether oxygens (including phenoxy) is 1. The summed E-state index contributed by atoms with van der Waals surface area (Å²) in [5.41, 5.74) is 3.40. The lowest BCUT2D eigenvalue weighted by Gasteiger charge is -2.42. The molecule has 1 N–H and O–H groups in total. The van der Waals surface area contributed by atoms with E-state index in [9.17, 15) is 4.79 Å². The van der Waals surface area contributed by atoms with Gasteiger partial charge in [0.2, 0.25) is 5.88 Å². The predicted molar refractivity (Wildman–Crippen MR) is 155 cm³/mol. The summed E-state index contributed by atoms with van der Waals surface area (Å²) >= 11 is 6.37. The van der Waals surface area contributed by atoms with Crippen molar-refractivity contribution in [2.45, 2.75) is 12.5 Å². The van der Waals surface area contributed by atoms with Crippen LogP contribution in [0.15, 0.2) is 78.2 Å². The molecule has 196 valence electrons. The minimum Gasteiger partial charge on any atom is -0.481 e. The number of aromatic amines is 1. The van der Waals surface area contributed by atoms with Gasteiger partial charge in [-0.05, 0) is 30.7 Å². The van der Waals surface area contributed by atoms with E-state index in [1.807, 2.05) is 48.7 Å². The normalized spacial score (nSPS) is 14.8. The van der Waals surface area contributed by atoms with Gasteiger partial charge in [0.25, 0.3) is 5.56 Å².